The van der Waals surface area contributed by atoms with Gasteiger partial charge in [0.2, 0.25) is 0 Å². The third kappa shape index (κ3) is 11.3. The van der Waals surface area contributed by atoms with Crippen molar-refractivity contribution in [3.63, 3.8) is 0 Å². The lowest BCUT2D eigenvalue weighted by Gasteiger charge is -2.28. The Bertz CT molecular complexity index is 2810. The highest BCUT2D eigenvalue weighted by atomic mass is 32.2. The average Bonchev–Trinajstić information content (AvgIpc) is 3.27. The molecule has 0 bridgehead atoms. The zero-order chi connectivity index (χ0) is 44.5. The second kappa shape index (κ2) is 18.8. The molecule has 0 spiro atoms. The van der Waals surface area contributed by atoms with Crippen LogP contribution in [0, 0.1) is 0 Å². The number of hydrazone groups is 2. The molecule has 0 aliphatic carbocycles. The number of hydrazine groups is 4. The number of nitrogens with one attached hydrogen (secondary N) is 8. The van der Waals surface area contributed by atoms with Gasteiger partial charge in [-0.05, 0) is 83.9 Å². The lowest BCUT2D eigenvalue weighted by Crippen LogP contribution is -2.44. The van der Waals surface area contributed by atoms with Crippen LogP contribution in [-0.4, -0.2) is 48.1 Å². The minimum atomic E-state index is -4.82. The summed E-state index contributed by atoms with van der Waals surface area (Å²) >= 11 is 0. The van der Waals surface area contributed by atoms with Crippen LogP contribution >= 0.6 is 0 Å². The van der Waals surface area contributed by atoms with Gasteiger partial charge in [0.15, 0.2) is 11.7 Å². The molecule has 0 saturated carbocycles. The van der Waals surface area contributed by atoms with Gasteiger partial charge in [0, 0.05) is 34.9 Å². The molecule has 0 unspecified atom stereocenters. The van der Waals surface area contributed by atoms with Gasteiger partial charge in [0.25, 0.3) is 20.2 Å². The van der Waals surface area contributed by atoms with Crippen molar-refractivity contribution in [2.45, 2.75) is 9.79 Å². The summed E-state index contributed by atoms with van der Waals surface area (Å²) in [5.74, 6) is 1.61. The standard InChI is InChI=1S/C44H40N12O6S2/c57-63(58,59)39-27-37(47-43-29-41(45-33-13-5-1-6-14-33)51-55(53-43)49-35-17-9-3-10-18-35)25-23-31(39)21-22-32-24-26-38(28-40(32)64(60,61)62)48-44-30-42(46-34-15-7-2-8-16-34)52-56(54-44)50-36-19-11-4-12-20-36/h1-30,47-50,53-54H,(H,45,51)(H,46,52)(H,57,58,59)(H,60,61,62)/b22-21+. The number of benzene rings is 6. The molecule has 0 aromatic heterocycles. The Kier molecular flexibility index (Phi) is 12.4. The fourth-order valence-electron chi connectivity index (χ4n) is 6.29. The summed E-state index contributed by atoms with van der Waals surface area (Å²) in [6, 6.07) is 45.8. The number of amidine groups is 2. The van der Waals surface area contributed by atoms with Gasteiger partial charge in [0.05, 0.1) is 11.4 Å². The molecule has 2 heterocycles. The molecule has 0 atom stereocenters. The summed E-state index contributed by atoms with van der Waals surface area (Å²) in [5.41, 5.74) is 16.0. The van der Waals surface area contributed by atoms with E-state index in [-0.39, 0.29) is 22.5 Å². The summed E-state index contributed by atoms with van der Waals surface area (Å²) in [6.45, 7) is 0. The monoisotopic (exact) mass is 896 g/mol. The highest BCUT2D eigenvalue weighted by molar-refractivity contribution is 7.86. The average molecular weight is 897 g/mol. The normalized spacial score (nSPS) is 13.9. The van der Waals surface area contributed by atoms with Crippen LogP contribution < -0.4 is 43.0 Å². The van der Waals surface area contributed by atoms with Gasteiger partial charge in [0.1, 0.15) is 21.4 Å². The van der Waals surface area contributed by atoms with Gasteiger partial charge >= 0.3 is 0 Å². The van der Waals surface area contributed by atoms with Crippen LogP contribution in [0.2, 0.25) is 0 Å². The van der Waals surface area contributed by atoms with Crippen molar-refractivity contribution in [3.8, 4) is 0 Å². The van der Waals surface area contributed by atoms with E-state index in [1.54, 1.807) is 24.3 Å². The van der Waals surface area contributed by atoms with Crippen molar-refractivity contribution in [1.29, 1.82) is 0 Å². The van der Waals surface area contributed by atoms with Crippen molar-refractivity contribution in [1.82, 2.24) is 21.3 Å². The molecule has 324 valence electrons. The summed E-state index contributed by atoms with van der Waals surface area (Å²) in [6.07, 6.45) is 5.97. The fourth-order valence-corrected chi connectivity index (χ4v) is 7.71. The van der Waals surface area contributed by atoms with Crippen molar-refractivity contribution in [2.75, 3.05) is 32.1 Å². The molecule has 20 heteroatoms. The highest BCUT2D eigenvalue weighted by Crippen LogP contribution is 2.28. The number of anilines is 6. The predicted octanol–water partition coefficient (Wildman–Crippen LogP) is 7.40. The van der Waals surface area contributed by atoms with Crippen LogP contribution in [0.25, 0.3) is 12.2 Å². The first-order valence-electron chi connectivity index (χ1n) is 19.4. The van der Waals surface area contributed by atoms with E-state index in [4.69, 9.17) is 0 Å². The molecule has 8 rings (SSSR count). The zero-order valence-corrected chi connectivity index (χ0v) is 35.1. The summed E-state index contributed by atoms with van der Waals surface area (Å²) in [5, 5.41) is 24.6. The van der Waals surface area contributed by atoms with Crippen LogP contribution in [0.3, 0.4) is 0 Å². The van der Waals surface area contributed by atoms with E-state index in [0.717, 1.165) is 22.7 Å². The van der Waals surface area contributed by atoms with E-state index >= 15 is 0 Å². The van der Waals surface area contributed by atoms with Gasteiger partial charge in [-0.3, -0.25) is 20.0 Å². The van der Waals surface area contributed by atoms with Crippen molar-refractivity contribution in [3.05, 3.63) is 193 Å². The Hall–Kier alpha value is -8.30. The number of hydrogen-bond acceptors (Lipinski definition) is 16. The van der Waals surface area contributed by atoms with Crippen LogP contribution in [0.4, 0.5) is 34.1 Å². The van der Waals surface area contributed by atoms with Crippen molar-refractivity contribution in [2.24, 2.45) is 10.2 Å². The van der Waals surface area contributed by atoms with Gasteiger partial charge < -0.3 is 21.3 Å². The number of hydrogen-bond donors (Lipinski definition) is 10. The highest BCUT2D eigenvalue weighted by Gasteiger charge is 2.21. The van der Waals surface area contributed by atoms with E-state index in [0.29, 0.717) is 23.3 Å². The fraction of sp³-hybridized carbons (Fsp3) is 0. The van der Waals surface area contributed by atoms with E-state index < -0.39 is 30.0 Å². The summed E-state index contributed by atoms with van der Waals surface area (Å²) < 4.78 is 71.8. The summed E-state index contributed by atoms with van der Waals surface area (Å²) in [7, 11) is -9.64. The number of nitrogens with zero attached hydrogens (tertiary/aromatic N) is 4. The molecule has 0 saturated heterocycles. The van der Waals surface area contributed by atoms with Crippen LogP contribution in [0.5, 0.6) is 0 Å². The van der Waals surface area contributed by atoms with Crippen molar-refractivity contribution < 1.29 is 25.9 Å². The molecule has 0 amide bonds. The largest absolute Gasteiger partial charge is 0.340 e. The third-order valence-corrected chi connectivity index (χ3v) is 10.9. The molecule has 0 radical (unpaired) electrons. The van der Waals surface area contributed by atoms with Gasteiger partial charge in [-0.2, -0.15) is 16.8 Å². The van der Waals surface area contributed by atoms with Gasteiger partial charge in [-0.1, -0.05) is 97.1 Å². The van der Waals surface area contributed by atoms with Gasteiger partial charge in [-0.15, -0.1) is 20.7 Å². The Morgan fingerprint density at radius 2 is 0.781 bits per heavy atom. The van der Waals surface area contributed by atoms with E-state index in [1.807, 2.05) is 121 Å². The molecule has 0 fully saturated rings. The second-order valence-corrected chi connectivity index (χ2v) is 16.7. The first kappa shape index (κ1) is 42.4. The molecule has 2 aliphatic heterocycles. The van der Waals surface area contributed by atoms with Crippen molar-refractivity contribution >= 4 is 78.2 Å². The molecule has 18 nitrogen and oxygen atoms in total. The zero-order valence-electron chi connectivity index (χ0n) is 33.5. The lowest BCUT2D eigenvalue weighted by molar-refractivity contribution is 0.272. The van der Waals surface area contributed by atoms with E-state index in [9.17, 15) is 25.9 Å². The molecule has 6 aromatic rings. The maximum Gasteiger partial charge on any atom is 0.295 e. The Morgan fingerprint density at radius 1 is 0.438 bits per heavy atom. The van der Waals surface area contributed by atoms with E-state index in [1.165, 1.54) is 46.9 Å². The molecule has 64 heavy (non-hydrogen) atoms. The first-order valence-corrected chi connectivity index (χ1v) is 22.2. The first-order chi connectivity index (χ1) is 30.9. The molecule has 10 N–H and O–H groups in total. The van der Waals surface area contributed by atoms with Gasteiger partial charge in [-0.25, -0.2) is 10.9 Å². The smallest absolute Gasteiger partial charge is 0.295 e. The lowest BCUT2D eigenvalue weighted by atomic mass is 10.1. The van der Waals surface area contributed by atoms with Crippen LogP contribution in [0.1, 0.15) is 11.1 Å². The molecular formula is C44H40N12O6S2. The maximum absolute atomic E-state index is 12.8. The maximum atomic E-state index is 12.8. The Balaban J connectivity index is 1.03. The predicted molar refractivity (Wildman–Crippen MR) is 250 cm³/mol. The quantitative estimate of drug-likeness (QED) is 0.0379. The summed E-state index contributed by atoms with van der Waals surface area (Å²) in [4.78, 5) is -0.948. The second-order valence-electron chi connectivity index (χ2n) is 13.9. The van der Waals surface area contributed by atoms with E-state index in [2.05, 4.69) is 53.2 Å². The molecular weight excluding hydrogens is 857 g/mol. The number of para-hydroxylation sites is 4. The number of rotatable bonds is 14. The topological polar surface area (TPSA) is 236 Å². The third-order valence-electron chi connectivity index (χ3n) is 9.12. The van der Waals surface area contributed by atoms with Crippen LogP contribution in [0.15, 0.2) is 202 Å². The van der Waals surface area contributed by atoms with Crippen LogP contribution in [-0.2, 0) is 20.2 Å². The SMILES string of the molecule is O=S(=O)(O)c1cc(NC2=CC(Nc3ccccc3)=NN(Nc3ccccc3)N2)ccc1/C=C/c1ccc(NC2=CC(Nc3ccccc3)=NN(Nc3ccccc3)N2)cc1S(=O)(=O)O. The minimum absolute atomic E-state index is 0.0304. The Morgan fingerprint density at radius 3 is 1.12 bits per heavy atom. The Labute approximate surface area is 368 Å². The minimum Gasteiger partial charge on any atom is -0.340 e. The molecule has 2 aliphatic rings. The molecule has 6 aromatic carbocycles.